The summed E-state index contributed by atoms with van der Waals surface area (Å²) in [7, 11) is 0. The maximum Gasteiger partial charge on any atom is 0.254 e. The van der Waals surface area contributed by atoms with Crippen LogP contribution in [0.4, 0.5) is 0 Å². The van der Waals surface area contributed by atoms with E-state index < -0.39 is 0 Å². The van der Waals surface area contributed by atoms with Crippen LogP contribution in [0.3, 0.4) is 0 Å². The molecule has 1 aliphatic heterocycles. The number of carbonyl (C=O) groups excluding carboxylic acids is 2. The molecular weight excluding hydrogens is 488 g/mol. The third-order valence-corrected chi connectivity index (χ3v) is 8.20. The standard InChI is InChI=1S/C33H34N2O2S/c1-23(2)21-34(33(37)27-15-13-26(14-16-27)25-10-5-4-6-11-25)22-31(36)35-19-17-30-29(18-20-38-30)32(35)28-12-8-7-9-24(28)3/h4-16,18,20,23,32H,17,19,21-22H2,1-3H3. The van der Waals surface area contributed by atoms with E-state index in [1.165, 1.54) is 16.0 Å². The maximum absolute atomic E-state index is 13.9. The topological polar surface area (TPSA) is 40.6 Å². The summed E-state index contributed by atoms with van der Waals surface area (Å²) < 4.78 is 0. The average Bonchev–Trinajstić information content (AvgIpc) is 3.42. The van der Waals surface area contributed by atoms with Gasteiger partial charge in [-0.05, 0) is 70.7 Å². The van der Waals surface area contributed by atoms with Crippen LogP contribution in [0.25, 0.3) is 11.1 Å². The molecule has 2 heterocycles. The number of benzene rings is 3. The van der Waals surface area contributed by atoms with Crippen molar-refractivity contribution in [3.63, 3.8) is 0 Å². The van der Waals surface area contributed by atoms with E-state index in [1.807, 2.05) is 59.5 Å². The smallest absolute Gasteiger partial charge is 0.254 e. The van der Waals surface area contributed by atoms with Gasteiger partial charge in [0.1, 0.15) is 6.54 Å². The molecule has 0 spiro atoms. The van der Waals surface area contributed by atoms with Gasteiger partial charge in [-0.2, -0.15) is 0 Å². The van der Waals surface area contributed by atoms with Gasteiger partial charge in [0.2, 0.25) is 5.91 Å². The Morgan fingerprint density at radius 1 is 0.895 bits per heavy atom. The summed E-state index contributed by atoms with van der Waals surface area (Å²) in [5, 5.41) is 2.12. The van der Waals surface area contributed by atoms with Crippen LogP contribution in [-0.2, 0) is 11.2 Å². The van der Waals surface area contributed by atoms with Crippen LogP contribution in [-0.4, -0.2) is 41.2 Å². The molecule has 5 heteroatoms. The van der Waals surface area contributed by atoms with E-state index in [-0.39, 0.29) is 30.3 Å². The van der Waals surface area contributed by atoms with Crippen molar-refractivity contribution in [1.29, 1.82) is 0 Å². The van der Waals surface area contributed by atoms with E-state index in [9.17, 15) is 9.59 Å². The third kappa shape index (κ3) is 5.44. The number of hydrogen-bond donors (Lipinski definition) is 0. The number of aryl methyl sites for hydroxylation is 1. The van der Waals surface area contributed by atoms with Crippen LogP contribution < -0.4 is 0 Å². The lowest BCUT2D eigenvalue weighted by Crippen LogP contribution is -2.47. The summed E-state index contributed by atoms with van der Waals surface area (Å²) in [6, 6.07) is 28.2. The molecule has 0 N–H and O–H groups in total. The lowest BCUT2D eigenvalue weighted by atomic mass is 9.90. The Labute approximate surface area is 229 Å². The zero-order valence-corrected chi connectivity index (χ0v) is 23.1. The first kappa shape index (κ1) is 25.9. The first-order valence-corrected chi connectivity index (χ1v) is 14.2. The molecule has 0 aliphatic carbocycles. The molecule has 0 saturated heterocycles. The number of amides is 2. The van der Waals surface area contributed by atoms with Gasteiger partial charge in [0.15, 0.2) is 0 Å². The number of nitrogens with zero attached hydrogens (tertiary/aromatic N) is 2. The molecule has 4 aromatic rings. The van der Waals surface area contributed by atoms with Gasteiger partial charge in [0.25, 0.3) is 5.91 Å². The molecule has 0 bridgehead atoms. The quantitative estimate of drug-likeness (QED) is 0.262. The normalized spacial score (nSPS) is 14.8. The van der Waals surface area contributed by atoms with Gasteiger partial charge in [-0.25, -0.2) is 0 Å². The van der Waals surface area contributed by atoms with Gasteiger partial charge >= 0.3 is 0 Å². The van der Waals surface area contributed by atoms with Gasteiger partial charge < -0.3 is 9.80 Å². The van der Waals surface area contributed by atoms with E-state index in [0.717, 1.165) is 23.1 Å². The fourth-order valence-corrected chi connectivity index (χ4v) is 6.25. The van der Waals surface area contributed by atoms with Crippen LogP contribution in [0.2, 0.25) is 0 Å². The highest BCUT2D eigenvalue weighted by Crippen LogP contribution is 2.39. The molecule has 1 aliphatic rings. The summed E-state index contributed by atoms with van der Waals surface area (Å²) in [5.41, 5.74) is 6.31. The number of fused-ring (bicyclic) bond motifs is 1. The minimum Gasteiger partial charge on any atom is -0.330 e. The maximum atomic E-state index is 13.9. The zero-order chi connectivity index (χ0) is 26.6. The van der Waals surface area contributed by atoms with Gasteiger partial charge in [-0.3, -0.25) is 9.59 Å². The predicted octanol–water partition coefficient (Wildman–Crippen LogP) is 7.00. The van der Waals surface area contributed by atoms with Gasteiger partial charge in [0.05, 0.1) is 6.04 Å². The molecule has 3 aromatic carbocycles. The Hall–Kier alpha value is -3.70. The summed E-state index contributed by atoms with van der Waals surface area (Å²) >= 11 is 1.76. The molecule has 0 saturated carbocycles. The molecule has 5 rings (SSSR count). The SMILES string of the molecule is Cc1ccccc1C1c2ccsc2CCN1C(=O)CN(CC(C)C)C(=O)c1ccc(-c2ccccc2)cc1. The Bertz CT molecular complexity index is 1410. The Kier molecular flexibility index (Phi) is 7.75. The second-order valence-electron chi connectivity index (χ2n) is 10.4. The van der Waals surface area contributed by atoms with Crippen LogP contribution in [0.15, 0.2) is 90.3 Å². The molecule has 2 amide bonds. The van der Waals surface area contributed by atoms with Crippen LogP contribution >= 0.6 is 11.3 Å². The molecule has 1 atom stereocenters. The third-order valence-electron chi connectivity index (χ3n) is 7.21. The first-order chi connectivity index (χ1) is 18.4. The van der Waals surface area contributed by atoms with Crippen molar-refractivity contribution in [1.82, 2.24) is 9.80 Å². The fraction of sp³-hybridized carbons (Fsp3) is 0.273. The monoisotopic (exact) mass is 522 g/mol. The van der Waals surface area contributed by atoms with Gasteiger partial charge in [0, 0.05) is 23.5 Å². The molecular formula is C33H34N2O2S. The van der Waals surface area contributed by atoms with E-state index in [1.54, 1.807) is 16.2 Å². The Balaban J connectivity index is 1.40. The lowest BCUT2D eigenvalue weighted by molar-refractivity contribution is -0.134. The molecule has 1 unspecified atom stereocenters. The predicted molar refractivity (Wildman–Crippen MR) is 155 cm³/mol. The first-order valence-electron chi connectivity index (χ1n) is 13.3. The van der Waals surface area contributed by atoms with E-state index in [0.29, 0.717) is 18.7 Å². The van der Waals surface area contributed by atoms with Crippen LogP contribution in [0.5, 0.6) is 0 Å². The van der Waals surface area contributed by atoms with Crippen molar-refractivity contribution >= 4 is 23.2 Å². The average molecular weight is 523 g/mol. The molecule has 0 fully saturated rings. The molecule has 38 heavy (non-hydrogen) atoms. The Morgan fingerprint density at radius 3 is 2.29 bits per heavy atom. The number of carbonyl (C=O) groups is 2. The molecule has 194 valence electrons. The highest BCUT2D eigenvalue weighted by molar-refractivity contribution is 7.10. The molecule has 0 radical (unpaired) electrons. The van der Waals surface area contributed by atoms with E-state index in [4.69, 9.17) is 0 Å². The van der Waals surface area contributed by atoms with Crippen LogP contribution in [0.1, 0.15) is 51.8 Å². The van der Waals surface area contributed by atoms with Crippen molar-refractivity contribution in [2.24, 2.45) is 5.92 Å². The Morgan fingerprint density at radius 2 is 1.58 bits per heavy atom. The molecule has 4 nitrogen and oxygen atoms in total. The van der Waals surface area contributed by atoms with Crippen molar-refractivity contribution < 1.29 is 9.59 Å². The molecule has 1 aromatic heterocycles. The number of rotatable bonds is 7. The fourth-order valence-electron chi connectivity index (χ4n) is 5.35. The summed E-state index contributed by atoms with van der Waals surface area (Å²) in [6.45, 7) is 7.51. The van der Waals surface area contributed by atoms with Crippen molar-refractivity contribution in [2.75, 3.05) is 19.6 Å². The van der Waals surface area contributed by atoms with Gasteiger partial charge in [-0.1, -0.05) is 80.6 Å². The van der Waals surface area contributed by atoms with E-state index in [2.05, 4.69) is 56.5 Å². The largest absolute Gasteiger partial charge is 0.330 e. The highest BCUT2D eigenvalue weighted by Gasteiger charge is 2.34. The van der Waals surface area contributed by atoms with Crippen molar-refractivity contribution in [3.05, 3.63) is 117 Å². The minimum atomic E-state index is -0.125. The van der Waals surface area contributed by atoms with Gasteiger partial charge in [-0.15, -0.1) is 11.3 Å². The number of thiophene rings is 1. The second-order valence-corrected chi connectivity index (χ2v) is 11.4. The summed E-state index contributed by atoms with van der Waals surface area (Å²) in [5.74, 6) is 0.129. The second kappa shape index (κ2) is 11.4. The van der Waals surface area contributed by atoms with Crippen molar-refractivity contribution in [3.8, 4) is 11.1 Å². The number of hydrogen-bond acceptors (Lipinski definition) is 3. The van der Waals surface area contributed by atoms with E-state index >= 15 is 0 Å². The summed E-state index contributed by atoms with van der Waals surface area (Å²) in [4.78, 5) is 32.6. The summed E-state index contributed by atoms with van der Waals surface area (Å²) in [6.07, 6.45) is 0.847. The zero-order valence-electron chi connectivity index (χ0n) is 22.3. The van der Waals surface area contributed by atoms with Crippen molar-refractivity contribution in [2.45, 2.75) is 33.2 Å². The highest BCUT2D eigenvalue weighted by atomic mass is 32.1. The van der Waals surface area contributed by atoms with Crippen LogP contribution in [0, 0.1) is 12.8 Å². The minimum absolute atomic E-state index is 0.00925. The lowest BCUT2D eigenvalue weighted by Gasteiger charge is -2.38.